The highest BCUT2D eigenvalue weighted by atomic mass is 16.2. The summed E-state index contributed by atoms with van der Waals surface area (Å²) in [6.45, 7) is 5.03. The lowest BCUT2D eigenvalue weighted by Gasteiger charge is -2.36. The topological polar surface area (TPSA) is 73.4 Å². The van der Waals surface area contributed by atoms with Crippen LogP contribution in [0.15, 0.2) is 42.7 Å². The molecule has 2 aromatic heterocycles. The van der Waals surface area contributed by atoms with Crippen LogP contribution in [0.3, 0.4) is 0 Å². The first-order valence-electron chi connectivity index (χ1n) is 9.67. The fourth-order valence-corrected chi connectivity index (χ4v) is 3.76. The van der Waals surface area contributed by atoms with E-state index in [1.807, 2.05) is 30.6 Å². The SMILES string of the molecule is O=C(NCc1cccnc1N1CCN(c2ccccn2)CC1)[C@H]1CCCN1. The van der Waals surface area contributed by atoms with Crippen molar-refractivity contribution in [3.63, 3.8) is 0 Å². The maximum absolute atomic E-state index is 12.3. The molecule has 0 aliphatic carbocycles. The van der Waals surface area contributed by atoms with Crippen LogP contribution in [0.1, 0.15) is 18.4 Å². The van der Waals surface area contributed by atoms with Crippen LogP contribution < -0.4 is 20.4 Å². The number of carbonyl (C=O) groups excluding carboxylic acids is 1. The largest absolute Gasteiger partial charge is 0.353 e. The van der Waals surface area contributed by atoms with Crippen molar-refractivity contribution >= 4 is 17.5 Å². The molecule has 0 bridgehead atoms. The summed E-state index contributed by atoms with van der Waals surface area (Å²) >= 11 is 0. The second kappa shape index (κ2) is 8.35. The highest BCUT2D eigenvalue weighted by Gasteiger charge is 2.23. The molecule has 4 rings (SSSR count). The highest BCUT2D eigenvalue weighted by molar-refractivity contribution is 5.82. The minimum Gasteiger partial charge on any atom is -0.353 e. The maximum Gasteiger partial charge on any atom is 0.237 e. The molecule has 1 atom stereocenters. The number of nitrogens with zero attached hydrogens (tertiary/aromatic N) is 4. The molecular formula is C20H26N6O. The van der Waals surface area contributed by atoms with Gasteiger partial charge >= 0.3 is 0 Å². The molecule has 7 heteroatoms. The van der Waals surface area contributed by atoms with Gasteiger partial charge in [-0.25, -0.2) is 9.97 Å². The molecule has 0 unspecified atom stereocenters. The molecule has 0 aromatic carbocycles. The summed E-state index contributed by atoms with van der Waals surface area (Å²) in [5.41, 5.74) is 1.06. The van der Waals surface area contributed by atoms with Crippen molar-refractivity contribution in [2.75, 3.05) is 42.5 Å². The first-order valence-corrected chi connectivity index (χ1v) is 9.67. The van der Waals surface area contributed by atoms with E-state index >= 15 is 0 Å². The van der Waals surface area contributed by atoms with Gasteiger partial charge < -0.3 is 20.4 Å². The molecule has 0 spiro atoms. The van der Waals surface area contributed by atoms with E-state index in [-0.39, 0.29) is 11.9 Å². The summed E-state index contributed by atoms with van der Waals surface area (Å²) in [7, 11) is 0. The fraction of sp³-hybridized carbons (Fsp3) is 0.450. The molecule has 0 radical (unpaired) electrons. The second-order valence-electron chi connectivity index (χ2n) is 7.01. The molecule has 2 saturated heterocycles. The van der Waals surface area contributed by atoms with Crippen molar-refractivity contribution in [3.8, 4) is 0 Å². The summed E-state index contributed by atoms with van der Waals surface area (Å²) in [6.07, 6.45) is 5.64. The van der Waals surface area contributed by atoms with Crippen molar-refractivity contribution < 1.29 is 4.79 Å². The van der Waals surface area contributed by atoms with E-state index in [1.54, 1.807) is 0 Å². The van der Waals surface area contributed by atoms with E-state index in [9.17, 15) is 4.79 Å². The molecule has 2 aromatic rings. The number of piperazine rings is 1. The van der Waals surface area contributed by atoms with E-state index in [4.69, 9.17) is 0 Å². The summed E-state index contributed by atoms with van der Waals surface area (Å²) in [4.78, 5) is 25.9. The maximum atomic E-state index is 12.3. The van der Waals surface area contributed by atoms with Gasteiger partial charge in [-0.1, -0.05) is 12.1 Å². The number of hydrogen-bond acceptors (Lipinski definition) is 6. The molecule has 2 fully saturated rings. The zero-order valence-electron chi connectivity index (χ0n) is 15.5. The monoisotopic (exact) mass is 366 g/mol. The minimum atomic E-state index is -0.0490. The molecule has 27 heavy (non-hydrogen) atoms. The Morgan fingerprint density at radius 2 is 1.89 bits per heavy atom. The van der Waals surface area contributed by atoms with Gasteiger partial charge in [0.15, 0.2) is 0 Å². The van der Waals surface area contributed by atoms with Gasteiger partial charge in [-0.05, 0) is 37.6 Å². The van der Waals surface area contributed by atoms with Crippen molar-refractivity contribution in [3.05, 3.63) is 48.3 Å². The van der Waals surface area contributed by atoms with Crippen molar-refractivity contribution in [1.29, 1.82) is 0 Å². The Labute approximate surface area is 159 Å². The number of anilines is 2. The first-order chi connectivity index (χ1) is 13.3. The quantitative estimate of drug-likeness (QED) is 0.828. The lowest BCUT2D eigenvalue weighted by Crippen LogP contribution is -2.47. The smallest absolute Gasteiger partial charge is 0.237 e. The van der Waals surface area contributed by atoms with E-state index < -0.39 is 0 Å². The summed E-state index contributed by atoms with van der Waals surface area (Å²) in [6, 6.07) is 9.95. The van der Waals surface area contributed by atoms with E-state index in [0.29, 0.717) is 6.54 Å². The second-order valence-corrected chi connectivity index (χ2v) is 7.01. The van der Waals surface area contributed by atoms with Gasteiger partial charge in [-0.2, -0.15) is 0 Å². The molecule has 1 amide bonds. The van der Waals surface area contributed by atoms with Gasteiger partial charge in [0.1, 0.15) is 11.6 Å². The molecule has 142 valence electrons. The fourth-order valence-electron chi connectivity index (χ4n) is 3.76. The Morgan fingerprint density at radius 1 is 1.07 bits per heavy atom. The Hall–Kier alpha value is -2.67. The standard InChI is InChI=1S/C20H26N6O/c27-20(17-6-4-9-21-17)24-15-16-5-3-10-23-19(16)26-13-11-25(12-14-26)18-7-1-2-8-22-18/h1-3,5,7-8,10,17,21H,4,6,9,11-15H2,(H,24,27)/t17-/m1/s1. The van der Waals surface area contributed by atoms with E-state index in [1.165, 1.54) is 0 Å². The third-order valence-electron chi connectivity index (χ3n) is 5.25. The third kappa shape index (κ3) is 4.19. The van der Waals surface area contributed by atoms with Gasteiger partial charge in [0.2, 0.25) is 5.91 Å². The number of carbonyl (C=O) groups is 1. The zero-order chi connectivity index (χ0) is 18.5. The highest BCUT2D eigenvalue weighted by Crippen LogP contribution is 2.21. The average Bonchev–Trinajstić information content (AvgIpc) is 3.28. The van der Waals surface area contributed by atoms with Gasteiger partial charge in [-0.15, -0.1) is 0 Å². The lowest BCUT2D eigenvalue weighted by molar-refractivity contribution is -0.122. The Balaban J connectivity index is 1.37. The van der Waals surface area contributed by atoms with Crippen molar-refractivity contribution in [1.82, 2.24) is 20.6 Å². The van der Waals surface area contributed by atoms with Gasteiger partial charge in [0.25, 0.3) is 0 Å². The van der Waals surface area contributed by atoms with Gasteiger partial charge in [0.05, 0.1) is 6.04 Å². The molecule has 4 heterocycles. The normalized spacial score (nSPS) is 19.9. The van der Waals surface area contributed by atoms with E-state index in [0.717, 1.165) is 62.8 Å². The molecule has 0 saturated carbocycles. The summed E-state index contributed by atoms with van der Waals surface area (Å²) in [5, 5.41) is 6.31. The van der Waals surface area contributed by atoms with Crippen molar-refractivity contribution in [2.24, 2.45) is 0 Å². The predicted molar refractivity (Wildman–Crippen MR) is 106 cm³/mol. The zero-order valence-corrected chi connectivity index (χ0v) is 15.5. The average molecular weight is 366 g/mol. The number of amides is 1. The van der Waals surface area contributed by atoms with E-state index in [2.05, 4.69) is 42.5 Å². The molecule has 7 nitrogen and oxygen atoms in total. The van der Waals surface area contributed by atoms with Gasteiger partial charge in [-0.3, -0.25) is 4.79 Å². The van der Waals surface area contributed by atoms with Crippen LogP contribution >= 0.6 is 0 Å². The number of rotatable bonds is 5. The molecular weight excluding hydrogens is 340 g/mol. The molecule has 2 aliphatic rings. The number of nitrogens with one attached hydrogen (secondary N) is 2. The van der Waals surface area contributed by atoms with Crippen LogP contribution in [-0.2, 0) is 11.3 Å². The lowest BCUT2D eigenvalue weighted by atomic mass is 10.2. The summed E-state index contributed by atoms with van der Waals surface area (Å²) in [5.74, 6) is 2.08. The van der Waals surface area contributed by atoms with Crippen LogP contribution in [0.25, 0.3) is 0 Å². The summed E-state index contributed by atoms with van der Waals surface area (Å²) < 4.78 is 0. The Bertz CT molecular complexity index is 754. The first kappa shape index (κ1) is 17.7. The Morgan fingerprint density at radius 3 is 2.63 bits per heavy atom. The van der Waals surface area contributed by atoms with Crippen LogP contribution in [0.2, 0.25) is 0 Å². The van der Waals surface area contributed by atoms with Crippen LogP contribution in [-0.4, -0.2) is 54.6 Å². The number of pyridine rings is 2. The van der Waals surface area contributed by atoms with Crippen molar-refractivity contribution in [2.45, 2.75) is 25.4 Å². The van der Waals surface area contributed by atoms with Crippen LogP contribution in [0.4, 0.5) is 11.6 Å². The number of hydrogen-bond donors (Lipinski definition) is 2. The third-order valence-corrected chi connectivity index (χ3v) is 5.25. The van der Waals surface area contributed by atoms with Gasteiger partial charge in [0, 0.05) is 50.7 Å². The molecule has 2 N–H and O–H groups in total. The molecule has 2 aliphatic heterocycles. The minimum absolute atomic E-state index is 0.0490. The Kier molecular flexibility index (Phi) is 5.48. The number of aromatic nitrogens is 2. The van der Waals surface area contributed by atoms with Crippen LogP contribution in [0.5, 0.6) is 0 Å². The predicted octanol–water partition coefficient (Wildman–Crippen LogP) is 1.17. The van der Waals surface area contributed by atoms with Crippen LogP contribution in [0, 0.1) is 0 Å².